The van der Waals surface area contributed by atoms with E-state index < -0.39 is 0 Å². The molecule has 8 heteroatoms. The quantitative estimate of drug-likeness (QED) is 0.185. The number of nitrogens with one attached hydrogen (secondary N) is 2. The maximum atomic E-state index is 11.6. The Labute approximate surface area is 154 Å². The highest BCUT2D eigenvalue weighted by Crippen LogP contribution is 2.19. The molecule has 4 N–H and O–H groups in total. The van der Waals surface area contributed by atoms with E-state index in [1.165, 1.54) is 0 Å². The van der Waals surface area contributed by atoms with E-state index in [2.05, 4.69) is 24.5 Å². The zero-order chi connectivity index (χ0) is 18.4. The van der Waals surface area contributed by atoms with Gasteiger partial charge in [0.05, 0.1) is 0 Å². The molecule has 142 valence electrons. The Morgan fingerprint density at radius 3 is 1.92 bits per heavy atom. The average molecular weight is 379 g/mol. The summed E-state index contributed by atoms with van der Waals surface area (Å²) in [6.45, 7) is 10.2. The van der Waals surface area contributed by atoms with Crippen molar-refractivity contribution in [3.8, 4) is 0 Å². The molecule has 24 heavy (non-hydrogen) atoms. The summed E-state index contributed by atoms with van der Waals surface area (Å²) in [5.74, 6) is 8.23. The lowest BCUT2D eigenvalue weighted by Crippen LogP contribution is -2.40. The molecule has 0 rings (SSSR count). The largest absolute Gasteiger partial charge is 0.355 e. The molecule has 0 aromatic heterocycles. The van der Waals surface area contributed by atoms with E-state index in [9.17, 15) is 9.59 Å². The fourth-order valence-electron chi connectivity index (χ4n) is 1.67. The molecule has 0 aliphatic carbocycles. The lowest BCUT2D eigenvalue weighted by Gasteiger charge is -2.19. The molecule has 0 unspecified atom stereocenters. The monoisotopic (exact) mass is 378 g/mol. The van der Waals surface area contributed by atoms with Crippen molar-refractivity contribution in [2.75, 3.05) is 31.1 Å². The smallest absolute Gasteiger partial charge is 0.221 e. The van der Waals surface area contributed by atoms with E-state index in [0.717, 1.165) is 17.9 Å². The van der Waals surface area contributed by atoms with Crippen molar-refractivity contribution in [2.45, 2.75) is 53.0 Å². The molecule has 0 aliphatic heterocycles. The van der Waals surface area contributed by atoms with Crippen LogP contribution in [0.2, 0.25) is 0 Å². The number of nitrogens with two attached hydrogens (primary N) is 1. The van der Waals surface area contributed by atoms with E-state index in [1.54, 1.807) is 26.6 Å². The summed E-state index contributed by atoms with van der Waals surface area (Å²) in [5, 5.41) is 7.48. The van der Waals surface area contributed by atoms with Crippen LogP contribution in [0.4, 0.5) is 0 Å². The maximum Gasteiger partial charge on any atom is 0.221 e. The molecular formula is C16H34N4O2S2. The summed E-state index contributed by atoms with van der Waals surface area (Å²) in [5.41, 5.74) is 0. The normalized spacial score (nSPS) is 11.3. The van der Waals surface area contributed by atoms with Gasteiger partial charge in [-0.2, -0.15) is 0 Å². The number of carbonyl (C=O) groups is 2. The molecule has 0 saturated heterocycles. The van der Waals surface area contributed by atoms with Crippen molar-refractivity contribution in [1.82, 2.24) is 15.6 Å². The summed E-state index contributed by atoms with van der Waals surface area (Å²) in [7, 11) is 3.43. The highest BCUT2D eigenvalue weighted by molar-refractivity contribution is 8.76. The highest BCUT2D eigenvalue weighted by Gasteiger charge is 2.07. The van der Waals surface area contributed by atoms with Gasteiger partial charge in [-0.1, -0.05) is 35.4 Å². The van der Waals surface area contributed by atoms with Crippen LogP contribution in [0.5, 0.6) is 0 Å². The van der Waals surface area contributed by atoms with Crippen LogP contribution >= 0.6 is 21.6 Å². The minimum absolute atomic E-state index is 0.0362. The Bertz CT molecular complexity index is 355. The molecule has 0 radical (unpaired) electrons. The number of nitrogens with zero attached hydrogens (tertiary/aromatic N) is 1. The van der Waals surface area contributed by atoms with Crippen LogP contribution in [0.25, 0.3) is 0 Å². The predicted molar refractivity (Wildman–Crippen MR) is 106 cm³/mol. The van der Waals surface area contributed by atoms with Crippen LogP contribution < -0.4 is 16.5 Å². The molecular weight excluding hydrogens is 344 g/mol. The van der Waals surface area contributed by atoms with Crippen LogP contribution in [0.1, 0.15) is 47.0 Å². The molecule has 0 bridgehead atoms. The molecule has 0 spiro atoms. The third-order valence-corrected chi connectivity index (χ3v) is 5.72. The standard InChI is InChI=1S/C16H34N4O2S2/c1-13(2)5-6-15(21)18-8-11-23-24-12-9-19-16(22)7-10-20(17)14(3)4/h13-14H,5-12,17H2,1-4H3,(H,18,21)(H,19,22). The van der Waals surface area contributed by atoms with Gasteiger partial charge in [0.1, 0.15) is 0 Å². The van der Waals surface area contributed by atoms with Crippen LogP contribution in [0.15, 0.2) is 0 Å². The Kier molecular flexibility index (Phi) is 14.6. The number of carbonyl (C=O) groups excluding carboxylic acids is 2. The molecule has 2 amide bonds. The Balaban J connectivity index is 3.39. The van der Waals surface area contributed by atoms with Crippen molar-refractivity contribution < 1.29 is 9.59 Å². The van der Waals surface area contributed by atoms with Gasteiger partial charge in [-0.25, -0.2) is 5.01 Å². The van der Waals surface area contributed by atoms with Crippen molar-refractivity contribution in [3.63, 3.8) is 0 Å². The van der Waals surface area contributed by atoms with E-state index in [4.69, 9.17) is 5.84 Å². The maximum absolute atomic E-state index is 11.6. The zero-order valence-electron chi connectivity index (χ0n) is 15.5. The Morgan fingerprint density at radius 2 is 1.46 bits per heavy atom. The fourth-order valence-corrected chi connectivity index (χ4v) is 3.48. The fraction of sp³-hybridized carbons (Fsp3) is 0.875. The molecule has 6 nitrogen and oxygen atoms in total. The number of rotatable bonds is 14. The van der Waals surface area contributed by atoms with Gasteiger partial charge in [0, 0.05) is 50.0 Å². The molecule has 0 aromatic carbocycles. The molecule has 0 aromatic rings. The van der Waals surface area contributed by atoms with Crippen molar-refractivity contribution in [3.05, 3.63) is 0 Å². The summed E-state index contributed by atoms with van der Waals surface area (Å²) >= 11 is 0. The predicted octanol–water partition coefficient (Wildman–Crippen LogP) is 2.01. The van der Waals surface area contributed by atoms with Gasteiger partial charge >= 0.3 is 0 Å². The van der Waals surface area contributed by atoms with Gasteiger partial charge in [0.15, 0.2) is 0 Å². The lowest BCUT2D eigenvalue weighted by atomic mass is 10.1. The van der Waals surface area contributed by atoms with Gasteiger partial charge in [0.2, 0.25) is 11.8 Å². The van der Waals surface area contributed by atoms with Crippen LogP contribution in [0.3, 0.4) is 0 Å². The Morgan fingerprint density at radius 1 is 0.958 bits per heavy atom. The second kappa shape index (κ2) is 14.9. The lowest BCUT2D eigenvalue weighted by molar-refractivity contribution is -0.122. The first kappa shape index (κ1) is 23.6. The number of hydrazine groups is 1. The van der Waals surface area contributed by atoms with Crippen LogP contribution in [-0.4, -0.2) is 54.0 Å². The average Bonchev–Trinajstić information content (AvgIpc) is 2.52. The first-order valence-corrected chi connectivity index (χ1v) is 11.1. The van der Waals surface area contributed by atoms with E-state index in [1.807, 2.05) is 13.8 Å². The number of hydrogen-bond donors (Lipinski definition) is 3. The molecule has 0 fully saturated rings. The summed E-state index contributed by atoms with van der Waals surface area (Å²) in [6, 6.07) is 0.246. The first-order valence-electron chi connectivity index (χ1n) is 8.62. The minimum Gasteiger partial charge on any atom is -0.355 e. The Hall–Kier alpha value is -0.440. The van der Waals surface area contributed by atoms with E-state index in [-0.39, 0.29) is 17.9 Å². The minimum atomic E-state index is 0.0362. The van der Waals surface area contributed by atoms with Crippen LogP contribution in [0, 0.1) is 5.92 Å². The summed E-state index contributed by atoms with van der Waals surface area (Å²) < 4.78 is 0. The topological polar surface area (TPSA) is 87.5 Å². The number of hydrogen-bond acceptors (Lipinski definition) is 6. The number of amides is 2. The van der Waals surface area contributed by atoms with Crippen LogP contribution in [-0.2, 0) is 9.59 Å². The first-order chi connectivity index (χ1) is 11.3. The zero-order valence-corrected chi connectivity index (χ0v) is 17.1. The SMILES string of the molecule is CC(C)CCC(=O)NCCSSCCNC(=O)CCN(N)C(C)C. The van der Waals surface area contributed by atoms with Gasteiger partial charge in [-0.15, -0.1) is 0 Å². The van der Waals surface area contributed by atoms with Gasteiger partial charge < -0.3 is 10.6 Å². The summed E-state index contributed by atoms with van der Waals surface area (Å²) in [6.07, 6.45) is 1.97. The molecule has 0 heterocycles. The van der Waals surface area contributed by atoms with Gasteiger partial charge in [-0.05, 0) is 26.2 Å². The van der Waals surface area contributed by atoms with Crippen molar-refractivity contribution in [1.29, 1.82) is 0 Å². The van der Waals surface area contributed by atoms with E-state index >= 15 is 0 Å². The summed E-state index contributed by atoms with van der Waals surface area (Å²) in [4.78, 5) is 23.2. The molecule has 0 atom stereocenters. The second-order valence-corrected chi connectivity index (χ2v) is 9.06. The second-order valence-electron chi connectivity index (χ2n) is 6.36. The molecule has 0 aliphatic rings. The van der Waals surface area contributed by atoms with E-state index in [0.29, 0.717) is 38.4 Å². The van der Waals surface area contributed by atoms with Gasteiger partial charge in [0.25, 0.3) is 0 Å². The van der Waals surface area contributed by atoms with Gasteiger partial charge in [-0.3, -0.25) is 15.4 Å². The third kappa shape index (κ3) is 15.1. The van der Waals surface area contributed by atoms with Crippen molar-refractivity contribution in [2.24, 2.45) is 11.8 Å². The molecule has 0 saturated carbocycles. The van der Waals surface area contributed by atoms with Crippen molar-refractivity contribution >= 4 is 33.4 Å². The third-order valence-electron chi connectivity index (χ3n) is 3.31. The highest BCUT2D eigenvalue weighted by atomic mass is 33.1.